The molecule has 2 aromatic carbocycles. The van der Waals surface area contributed by atoms with E-state index in [1.54, 1.807) is 12.1 Å². The number of pyridine rings is 1. The molecule has 0 radical (unpaired) electrons. The second kappa shape index (κ2) is 5.82. The molecule has 4 rings (SSSR count). The predicted molar refractivity (Wildman–Crippen MR) is 98.9 cm³/mol. The number of hydrogen-bond donors (Lipinski definition) is 1. The molecule has 0 saturated heterocycles. The number of benzene rings is 2. The molecule has 0 aliphatic carbocycles. The van der Waals surface area contributed by atoms with Gasteiger partial charge in [-0.3, -0.25) is 4.98 Å². The maximum Gasteiger partial charge on any atom is 0.238 e. The van der Waals surface area contributed by atoms with Crippen LogP contribution in [0.15, 0.2) is 59.6 Å². The number of anilines is 1. The largest absolute Gasteiger partial charge is 0.364 e. The van der Waals surface area contributed by atoms with E-state index in [1.807, 2.05) is 24.4 Å². The van der Waals surface area contributed by atoms with E-state index in [2.05, 4.69) is 35.0 Å². The maximum absolute atomic E-state index is 11.6. The summed E-state index contributed by atoms with van der Waals surface area (Å²) >= 11 is 0. The minimum Gasteiger partial charge on any atom is -0.364 e. The van der Waals surface area contributed by atoms with Gasteiger partial charge in [-0.05, 0) is 48.7 Å². The SMILES string of the molecule is C[C@@H]1Cc2cc(S(N)(=O)=O)ccc2N1Cc1cccc2cccnc12. The van der Waals surface area contributed by atoms with Crippen molar-refractivity contribution in [1.29, 1.82) is 0 Å². The Balaban J connectivity index is 1.73. The van der Waals surface area contributed by atoms with Gasteiger partial charge in [0.2, 0.25) is 10.0 Å². The standard InChI is InChI=1S/C19H19N3O2S/c1-13-10-16-11-17(25(20,23)24)7-8-18(16)22(13)12-15-5-2-4-14-6-3-9-21-19(14)15/h2-9,11,13H,10,12H2,1H3,(H2,20,23,24)/t13-/m1/s1. The average Bonchev–Trinajstić information content (AvgIpc) is 2.89. The molecule has 2 N–H and O–H groups in total. The van der Waals surface area contributed by atoms with Crippen LogP contribution in [-0.4, -0.2) is 19.4 Å². The van der Waals surface area contributed by atoms with Gasteiger partial charge in [-0.15, -0.1) is 0 Å². The number of nitrogens with zero attached hydrogens (tertiary/aromatic N) is 2. The highest BCUT2D eigenvalue weighted by Crippen LogP contribution is 2.35. The number of para-hydroxylation sites is 1. The molecule has 1 aliphatic heterocycles. The summed E-state index contributed by atoms with van der Waals surface area (Å²) in [6.07, 6.45) is 2.61. The van der Waals surface area contributed by atoms with E-state index in [-0.39, 0.29) is 10.9 Å². The molecule has 1 atom stereocenters. The Bertz CT molecular complexity index is 1060. The second-order valence-corrected chi connectivity index (χ2v) is 8.07. The molecule has 0 unspecified atom stereocenters. The number of fused-ring (bicyclic) bond motifs is 2. The molecule has 128 valence electrons. The zero-order valence-corrected chi connectivity index (χ0v) is 14.7. The van der Waals surface area contributed by atoms with Gasteiger partial charge in [0.15, 0.2) is 0 Å². The molecular formula is C19H19N3O2S. The van der Waals surface area contributed by atoms with Crippen molar-refractivity contribution in [2.24, 2.45) is 5.14 Å². The number of sulfonamides is 1. The molecule has 1 aromatic heterocycles. The molecule has 0 saturated carbocycles. The van der Waals surface area contributed by atoms with Crippen molar-refractivity contribution >= 4 is 26.6 Å². The Morgan fingerprint density at radius 3 is 2.80 bits per heavy atom. The zero-order valence-electron chi connectivity index (χ0n) is 13.9. The van der Waals surface area contributed by atoms with Crippen molar-refractivity contribution < 1.29 is 8.42 Å². The molecule has 0 fully saturated rings. The van der Waals surface area contributed by atoms with Crippen LogP contribution in [0.3, 0.4) is 0 Å². The topological polar surface area (TPSA) is 76.3 Å². The van der Waals surface area contributed by atoms with Crippen molar-refractivity contribution in [1.82, 2.24) is 4.98 Å². The summed E-state index contributed by atoms with van der Waals surface area (Å²) in [5, 5.41) is 6.38. The van der Waals surface area contributed by atoms with E-state index < -0.39 is 10.0 Å². The van der Waals surface area contributed by atoms with Crippen LogP contribution in [0.5, 0.6) is 0 Å². The number of hydrogen-bond acceptors (Lipinski definition) is 4. The van der Waals surface area contributed by atoms with Gasteiger partial charge in [-0.1, -0.05) is 24.3 Å². The van der Waals surface area contributed by atoms with Crippen molar-refractivity contribution in [2.45, 2.75) is 30.8 Å². The summed E-state index contributed by atoms with van der Waals surface area (Å²) in [5.41, 5.74) is 4.25. The van der Waals surface area contributed by atoms with Crippen molar-refractivity contribution in [3.63, 3.8) is 0 Å². The Labute approximate surface area is 147 Å². The second-order valence-electron chi connectivity index (χ2n) is 6.51. The van der Waals surface area contributed by atoms with E-state index in [4.69, 9.17) is 5.14 Å². The predicted octanol–water partition coefficient (Wildman–Crippen LogP) is 2.83. The highest BCUT2D eigenvalue weighted by molar-refractivity contribution is 7.89. The maximum atomic E-state index is 11.6. The first-order valence-corrected chi connectivity index (χ1v) is 9.73. The Morgan fingerprint density at radius 1 is 1.20 bits per heavy atom. The van der Waals surface area contributed by atoms with Crippen LogP contribution >= 0.6 is 0 Å². The fourth-order valence-corrected chi connectivity index (χ4v) is 4.13. The molecule has 25 heavy (non-hydrogen) atoms. The summed E-state index contributed by atoms with van der Waals surface area (Å²) in [6, 6.07) is 15.6. The van der Waals surface area contributed by atoms with E-state index >= 15 is 0 Å². The first-order valence-electron chi connectivity index (χ1n) is 8.18. The van der Waals surface area contributed by atoms with Gasteiger partial charge in [-0.25, -0.2) is 13.6 Å². The molecule has 6 heteroatoms. The monoisotopic (exact) mass is 353 g/mol. The fraction of sp³-hybridized carbons (Fsp3) is 0.211. The highest BCUT2D eigenvalue weighted by atomic mass is 32.2. The quantitative estimate of drug-likeness (QED) is 0.785. The van der Waals surface area contributed by atoms with Gasteiger partial charge in [0.05, 0.1) is 10.4 Å². The molecule has 0 bridgehead atoms. The van der Waals surface area contributed by atoms with E-state index in [0.29, 0.717) is 0 Å². The Hall–Kier alpha value is -2.44. The highest BCUT2D eigenvalue weighted by Gasteiger charge is 2.27. The van der Waals surface area contributed by atoms with Crippen LogP contribution in [0.2, 0.25) is 0 Å². The molecule has 5 nitrogen and oxygen atoms in total. The smallest absolute Gasteiger partial charge is 0.238 e. The van der Waals surface area contributed by atoms with Crippen LogP contribution in [0.1, 0.15) is 18.1 Å². The first-order chi connectivity index (χ1) is 11.9. The van der Waals surface area contributed by atoms with Crippen molar-refractivity contribution in [3.8, 4) is 0 Å². The van der Waals surface area contributed by atoms with Gasteiger partial charge in [0, 0.05) is 29.9 Å². The molecule has 0 spiro atoms. The lowest BCUT2D eigenvalue weighted by Gasteiger charge is -2.25. The van der Waals surface area contributed by atoms with Crippen LogP contribution in [0, 0.1) is 0 Å². The van der Waals surface area contributed by atoms with E-state index in [9.17, 15) is 8.42 Å². The Morgan fingerprint density at radius 2 is 2.00 bits per heavy atom. The number of primary sulfonamides is 1. The summed E-state index contributed by atoms with van der Waals surface area (Å²) in [6.45, 7) is 2.88. The summed E-state index contributed by atoms with van der Waals surface area (Å²) in [4.78, 5) is 7.00. The normalized spacial score (nSPS) is 17.0. The Kier molecular flexibility index (Phi) is 3.74. The lowest BCUT2D eigenvalue weighted by Crippen LogP contribution is -2.28. The lowest BCUT2D eigenvalue weighted by atomic mass is 10.1. The van der Waals surface area contributed by atoms with Crippen LogP contribution in [-0.2, 0) is 23.0 Å². The third-order valence-corrected chi connectivity index (χ3v) is 5.70. The molecule has 1 aliphatic rings. The fourth-order valence-electron chi connectivity index (χ4n) is 3.57. The molecule has 2 heterocycles. The van der Waals surface area contributed by atoms with Gasteiger partial charge in [0.25, 0.3) is 0 Å². The van der Waals surface area contributed by atoms with Crippen LogP contribution < -0.4 is 10.0 Å². The minimum absolute atomic E-state index is 0.173. The average molecular weight is 353 g/mol. The van der Waals surface area contributed by atoms with Gasteiger partial charge < -0.3 is 4.90 Å². The summed E-state index contributed by atoms with van der Waals surface area (Å²) in [7, 11) is -3.68. The number of rotatable bonds is 3. The molecular weight excluding hydrogens is 334 g/mol. The molecule has 0 amide bonds. The first kappa shape index (κ1) is 16.1. The lowest BCUT2D eigenvalue weighted by molar-refractivity contribution is 0.597. The van der Waals surface area contributed by atoms with E-state index in [1.165, 1.54) is 0 Å². The van der Waals surface area contributed by atoms with Crippen molar-refractivity contribution in [3.05, 3.63) is 65.9 Å². The minimum atomic E-state index is -3.68. The van der Waals surface area contributed by atoms with Gasteiger partial charge >= 0.3 is 0 Å². The van der Waals surface area contributed by atoms with Gasteiger partial charge in [-0.2, -0.15) is 0 Å². The summed E-state index contributed by atoms with van der Waals surface area (Å²) < 4.78 is 23.2. The number of aromatic nitrogens is 1. The van der Waals surface area contributed by atoms with E-state index in [0.717, 1.165) is 40.7 Å². The zero-order chi connectivity index (χ0) is 17.6. The third kappa shape index (κ3) is 2.88. The third-order valence-electron chi connectivity index (χ3n) is 4.79. The summed E-state index contributed by atoms with van der Waals surface area (Å²) in [5.74, 6) is 0. The van der Waals surface area contributed by atoms with Crippen LogP contribution in [0.4, 0.5) is 5.69 Å². The van der Waals surface area contributed by atoms with Crippen LogP contribution in [0.25, 0.3) is 10.9 Å². The molecule has 3 aromatic rings. The number of nitrogens with two attached hydrogens (primary N) is 1. The van der Waals surface area contributed by atoms with Crippen molar-refractivity contribution in [2.75, 3.05) is 4.90 Å². The van der Waals surface area contributed by atoms with Gasteiger partial charge in [0.1, 0.15) is 0 Å².